The van der Waals surface area contributed by atoms with Crippen LogP contribution in [0.1, 0.15) is 6.04 Å². The maximum Gasteiger partial charge on any atom is 0.330 e. The zero-order valence-corrected chi connectivity index (χ0v) is 12.6. The molecule has 1 saturated heterocycles. The Hall–Kier alpha value is -2.96. The predicted octanol–water partition coefficient (Wildman–Crippen LogP) is 1.06. The maximum absolute atomic E-state index is 11.8. The summed E-state index contributed by atoms with van der Waals surface area (Å²) < 4.78 is 6.22. The van der Waals surface area contributed by atoms with Gasteiger partial charge in [0, 0.05) is 30.8 Å². The minimum absolute atomic E-state index is 0.107. The van der Waals surface area contributed by atoms with Crippen molar-refractivity contribution in [2.24, 2.45) is 0 Å². The van der Waals surface area contributed by atoms with Crippen molar-refractivity contribution in [1.82, 2.24) is 19.9 Å². The highest BCUT2D eigenvalue weighted by Crippen LogP contribution is 2.23. The summed E-state index contributed by atoms with van der Waals surface area (Å²) in [4.78, 5) is 24.4. The summed E-state index contributed by atoms with van der Waals surface area (Å²) in [6, 6.07) is 9.91. The standard InChI is InChI=1S/C16H16N4O3/c1-23-16(22)8-7-15(21)19-9-13(10-19)20-11-14(17-18-20)12-5-3-2-4-6-12/h2-8,11,13H,9-10H2,1H3/b8-7+. The van der Waals surface area contributed by atoms with Crippen LogP contribution in [-0.4, -0.2) is 52.0 Å². The zero-order valence-electron chi connectivity index (χ0n) is 12.6. The Balaban J connectivity index is 1.58. The third kappa shape index (κ3) is 3.28. The van der Waals surface area contributed by atoms with Gasteiger partial charge in [-0.15, -0.1) is 5.10 Å². The third-order valence-electron chi connectivity index (χ3n) is 3.69. The average Bonchev–Trinajstić information content (AvgIpc) is 3.01. The van der Waals surface area contributed by atoms with Crippen molar-refractivity contribution in [2.75, 3.05) is 20.2 Å². The Morgan fingerprint density at radius 3 is 2.65 bits per heavy atom. The van der Waals surface area contributed by atoms with Crippen molar-refractivity contribution in [3.8, 4) is 11.3 Å². The molecule has 0 bridgehead atoms. The van der Waals surface area contributed by atoms with Gasteiger partial charge in [0.25, 0.3) is 0 Å². The number of methoxy groups -OCH3 is 1. The molecule has 0 aliphatic carbocycles. The number of esters is 1. The average molecular weight is 312 g/mol. The molecule has 7 nitrogen and oxygen atoms in total. The van der Waals surface area contributed by atoms with Gasteiger partial charge in [-0.2, -0.15) is 0 Å². The number of nitrogens with zero attached hydrogens (tertiary/aromatic N) is 4. The van der Waals surface area contributed by atoms with Crippen LogP contribution in [0.2, 0.25) is 0 Å². The van der Waals surface area contributed by atoms with E-state index in [4.69, 9.17) is 0 Å². The van der Waals surface area contributed by atoms with E-state index < -0.39 is 5.97 Å². The lowest BCUT2D eigenvalue weighted by atomic mass is 10.1. The van der Waals surface area contributed by atoms with E-state index in [1.54, 1.807) is 9.58 Å². The molecule has 0 spiro atoms. The fraction of sp³-hybridized carbons (Fsp3) is 0.250. The van der Waals surface area contributed by atoms with Crippen molar-refractivity contribution in [1.29, 1.82) is 0 Å². The van der Waals surface area contributed by atoms with Crippen LogP contribution in [0.15, 0.2) is 48.7 Å². The molecule has 0 atom stereocenters. The number of hydrogen-bond donors (Lipinski definition) is 0. The van der Waals surface area contributed by atoms with E-state index in [-0.39, 0.29) is 11.9 Å². The molecule has 2 aromatic rings. The van der Waals surface area contributed by atoms with E-state index in [1.807, 2.05) is 36.5 Å². The SMILES string of the molecule is COC(=O)/C=C/C(=O)N1CC(n2cc(-c3ccccc3)nn2)C1. The number of benzene rings is 1. The van der Waals surface area contributed by atoms with Gasteiger partial charge in [-0.25, -0.2) is 9.48 Å². The number of rotatable bonds is 4. The van der Waals surface area contributed by atoms with Gasteiger partial charge in [-0.1, -0.05) is 35.5 Å². The summed E-state index contributed by atoms with van der Waals surface area (Å²) in [6.07, 6.45) is 4.23. The van der Waals surface area contributed by atoms with Crippen molar-refractivity contribution in [3.05, 3.63) is 48.7 Å². The molecule has 3 rings (SSSR count). The summed E-state index contributed by atoms with van der Waals surface area (Å²) in [7, 11) is 1.27. The number of carbonyl (C=O) groups is 2. The zero-order chi connectivity index (χ0) is 16.2. The molecule has 23 heavy (non-hydrogen) atoms. The van der Waals surface area contributed by atoms with Crippen molar-refractivity contribution in [2.45, 2.75) is 6.04 Å². The normalized spacial score (nSPS) is 14.7. The van der Waals surface area contributed by atoms with Gasteiger partial charge < -0.3 is 9.64 Å². The molecule has 0 saturated carbocycles. The first kappa shape index (κ1) is 15.0. The number of amides is 1. The summed E-state index contributed by atoms with van der Waals surface area (Å²) in [5, 5.41) is 8.30. The second kappa shape index (κ2) is 6.43. The summed E-state index contributed by atoms with van der Waals surface area (Å²) in [6.45, 7) is 1.09. The van der Waals surface area contributed by atoms with Gasteiger partial charge in [0.05, 0.1) is 19.3 Å². The highest BCUT2D eigenvalue weighted by molar-refractivity contribution is 5.94. The van der Waals surface area contributed by atoms with E-state index >= 15 is 0 Å². The number of carbonyl (C=O) groups excluding carboxylic acids is 2. The minimum Gasteiger partial charge on any atom is -0.466 e. The molecule has 1 aliphatic heterocycles. The summed E-state index contributed by atoms with van der Waals surface area (Å²) in [5.41, 5.74) is 1.81. The molecule has 0 radical (unpaired) electrons. The van der Waals surface area contributed by atoms with Crippen LogP contribution in [0.4, 0.5) is 0 Å². The van der Waals surface area contributed by atoms with Crippen LogP contribution in [-0.2, 0) is 14.3 Å². The minimum atomic E-state index is -0.542. The van der Waals surface area contributed by atoms with Crippen LogP contribution in [0.3, 0.4) is 0 Å². The molecule has 1 fully saturated rings. The number of likely N-dealkylation sites (tertiary alicyclic amines) is 1. The molecule has 1 amide bonds. The van der Waals surface area contributed by atoms with E-state index in [9.17, 15) is 9.59 Å². The third-order valence-corrected chi connectivity index (χ3v) is 3.69. The van der Waals surface area contributed by atoms with Crippen LogP contribution in [0.25, 0.3) is 11.3 Å². The van der Waals surface area contributed by atoms with Gasteiger partial charge in [-0.05, 0) is 0 Å². The molecule has 118 valence electrons. The molecule has 1 aliphatic rings. The van der Waals surface area contributed by atoms with Crippen LogP contribution in [0.5, 0.6) is 0 Å². The fourth-order valence-electron chi connectivity index (χ4n) is 2.31. The van der Waals surface area contributed by atoms with E-state index in [0.717, 1.165) is 17.3 Å². The van der Waals surface area contributed by atoms with Gasteiger partial charge >= 0.3 is 5.97 Å². The first-order valence-corrected chi connectivity index (χ1v) is 7.19. The first-order chi connectivity index (χ1) is 11.2. The molecule has 1 aromatic carbocycles. The van der Waals surface area contributed by atoms with Gasteiger partial charge in [-0.3, -0.25) is 4.79 Å². The smallest absolute Gasteiger partial charge is 0.330 e. The quantitative estimate of drug-likeness (QED) is 0.623. The van der Waals surface area contributed by atoms with Crippen LogP contribution < -0.4 is 0 Å². The Morgan fingerprint density at radius 1 is 1.22 bits per heavy atom. The number of ether oxygens (including phenoxy) is 1. The maximum atomic E-state index is 11.8. The molecular formula is C16H16N4O3. The number of aromatic nitrogens is 3. The van der Waals surface area contributed by atoms with E-state index in [1.165, 1.54) is 13.2 Å². The summed E-state index contributed by atoms with van der Waals surface area (Å²) in [5.74, 6) is -0.755. The van der Waals surface area contributed by atoms with E-state index in [0.29, 0.717) is 13.1 Å². The largest absolute Gasteiger partial charge is 0.466 e. The van der Waals surface area contributed by atoms with Gasteiger partial charge in [0.1, 0.15) is 5.69 Å². The Morgan fingerprint density at radius 2 is 1.96 bits per heavy atom. The van der Waals surface area contributed by atoms with Crippen molar-refractivity contribution < 1.29 is 14.3 Å². The lowest BCUT2D eigenvalue weighted by molar-refractivity contribution is -0.136. The second-order valence-electron chi connectivity index (χ2n) is 5.20. The highest BCUT2D eigenvalue weighted by atomic mass is 16.5. The molecular weight excluding hydrogens is 296 g/mol. The van der Waals surface area contributed by atoms with Crippen LogP contribution in [0, 0.1) is 0 Å². The Bertz CT molecular complexity index is 733. The Labute approximate surface area is 133 Å². The van der Waals surface area contributed by atoms with Gasteiger partial charge in [0.2, 0.25) is 5.91 Å². The summed E-state index contributed by atoms with van der Waals surface area (Å²) >= 11 is 0. The lowest BCUT2D eigenvalue weighted by Crippen LogP contribution is -2.50. The molecule has 0 unspecified atom stereocenters. The van der Waals surface area contributed by atoms with E-state index in [2.05, 4.69) is 15.0 Å². The monoisotopic (exact) mass is 312 g/mol. The Kier molecular flexibility index (Phi) is 4.18. The topological polar surface area (TPSA) is 77.3 Å². The molecule has 2 heterocycles. The first-order valence-electron chi connectivity index (χ1n) is 7.19. The highest BCUT2D eigenvalue weighted by Gasteiger charge is 2.31. The molecule has 7 heteroatoms. The molecule has 0 N–H and O–H groups in total. The number of hydrogen-bond acceptors (Lipinski definition) is 5. The lowest BCUT2D eigenvalue weighted by Gasteiger charge is -2.38. The van der Waals surface area contributed by atoms with Crippen LogP contribution >= 0.6 is 0 Å². The molecule has 1 aromatic heterocycles. The second-order valence-corrected chi connectivity index (χ2v) is 5.20. The van der Waals surface area contributed by atoms with Gasteiger partial charge in [0.15, 0.2) is 0 Å². The fourth-order valence-corrected chi connectivity index (χ4v) is 2.31. The predicted molar refractivity (Wildman–Crippen MR) is 82.2 cm³/mol. The van der Waals surface area contributed by atoms with Crippen molar-refractivity contribution >= 4 is 11.9 Å². The van der Waals surface area contributed by atoms with Crippen molar-refractivity contribution in [3.63, 3.8) is 0 Å².